The van der Waals surface area contributed by atoms with E-state index in [2.05, 4.69) is 34.3 Å². The van der Waals surface area contributed by atoms with E-state index < -0.39 is 0 Å². The first kappa shape index (κ1) is 13.9. The molecule has 1 aliphatic carbocycles. The highest BCUT2D eigenvalue weighted by molar-refractivity contribution is 5.42. The van der Waals surface area contributed by atoms with Crippen molar-refractivity contribution in [2.45, 2.75) is 39.0 Å². The molecule has 1 aromatic carbocycles. The number of rotatable bonds is 5. The summed E-state index contributed by atoms with van der Waals surface area (Å²) in [5.74, 6) is 3.08. The van der Waals surface area contributed by atoms with Gasteiger partial charge < -0.3 is 10.1 Å². The lowest BCUT2D eigenvalue weighted by molar-refractivity contribution is 0.458. The summed E-state index contributed by atoms with van der Waals surface area (Å²) in [4.78, 5) is 8.93. The lowest BCUT2D eigenvalue weighted by Gasteiger charge is -2.10. The Morgan fingerprint density at radius 2 is 2.00 bits per heavy atom. The minimum absolute atomic E-state index is 0.607. The van der Waals surface area contributed by atoms with Gasteiger partial charge in [-0.3, -0.25) is 0 Å². The first-order valence-corrected chi connectivity index (χ1v) is 7.64. The molecule has 1 aliphatic rings. The number of anilines is 1. The Kier molecular flexibility index (Phi) is 4.04. The van der Waals surface area contributed by atoms with Crippen LogP contribution in [0.5, 0.6) is 11.6 Å². The summed E-state index contributed by atoms with van der Waals surface area (Å²) in [7, 11) is 1.86. The van der Waals surface area contributed by atoms with Gasteiger partial charge in [-0.15, -0.1) is 0 Å². The van der Waals surface area contributed by atoms with Crippen molar-refractivity contribution in [2.24, 2.45) is 0 Å². The van der Waals surface area contributed by atoms with Crippen molar-refractivity contribution in [1.29, 1.82) is 0 Å². The van der Waals surface area contributed by atoms with Crippen LogP contribution in [0.25, 0.3) is 0 Å². The first-order chi connectivity index (χ1) is 10.3. The van der Waals surface area contributed by atoms with E-state index in [4.69, 9.17) is 4.74 Å². The maximum atomic E-state index is 5.94. The summed E-state index contributed by atoms with van der Waals surface area (Å²) in [6.07, 6.45) is 5.46. The molecular weight excluding hydrogens is 262 g/mol. The van der Waals surface area contributed by atoms with Gasteiger partial charge in [0, 0.05) is 19.5 Å². The van der Waals surface area contributed by atoms with Crippen LogP contribution in [0.15, 0.2) is 24.3 Å². The summed E-state index contributed by atoms with van der Waals surface area (Å²) in [6.45, 7) is 2.12. The zero-order chi connectivity index (χ0) is 14.7. The molecule has 4 nitrogen and oxygen atoms in total. The van der Waals surface area contributed by atoms with Gasteiger partial charge in [0.25, 0.3) is 0 Å². The van der Waals surface area contributed by atoms with Crippen molar-refractivity contribution in [3.63, 3.8) is 0 Å². The van der Waals surface area contributed by atoms with Gasteiger partial charge in [0.2, 0.25) is 5.88 Å². The quantitative estimate of drug-likeness (QED) is 0.907. The van der Waals surface area contributed by atoms with E-state index in [1.165, 1.54) is 24.0 Å². The molecule has 2 aromatic rings. The monoisotopic (exact) mass is 283 g/mol. The minimum atomic E-state index is 0.607. The zero-order valence-electron chi connectivity index (χ0n) is 12.6. The number of nitrogens with zero attached hydrogens (tertiary/aromatic N) is 2. The number of ether oxygens (including phenoxy) is 1. The molecule has 1 heterocycles. The third kappa shape index (κ3) is 3.15. The fraction of sp³-hybridized carbons (Fsp3) is 0.412. The highest BCUT2D eigenvalue weighted by atomic mass is 16.5. The first-order valence-electron chi connectivity index (χ1n) is 7.64. The van der Waals surface area contributed by atoms with Gasteiger partial charge in [-0.25, -0.2) is 4.98 Å². The molecule has 0 aliphatic heterocycles. The Labute approximate surface area is 125 Å². The van der Waals surface area contributed by atoms with Crippen molar-refractivity contribution in [2.75, 3.05) is 12.4 Å². The topological polar surface area (TPSA) is 47.0 Å². The van der Waals surface area contributed by atoms with E-state index >= 15 is 0 Å². The van der Waals surface area contributed by atoms with E-state index in [9.17, 15) is 0 Å². The number of aryl methyl sites for hydroxylation is 3. The van der Waals surface area contributed by atoms with Gasteiger partial charge in [0.05, 0.1) is 0 Å². The van der Waals surface area contributed by atoms with Gasteiger partial charge in [-0.1, -0.05) is 13.0 Å². The van der Waals surface area contributed by atoms with Crippen LogP contribution < -0.4 is 10.1 Å². The fourth-order valence-corrected chi connectivity index (χ4v) is 2.72. The van der Waals surface area contributed by atoms with Crippen LogP contribution in [0.2, 0.25) is 0 Å². The van der Waals surface area contributed by atoms with Crippen LogP contribution in [0.1, 0.15) is 36.7 Å². The molecule has 0 bridgehead atoms. The number of hydrogen-bond donors (Lipinski definition) is 1. The lowest BCUT2D eigenvalue weighted by atomic mass is 10.1. The Bertz CT molecular complexity index is 640. The predicted octanol–water partition coefficient (Wildman–Crippen LogP) is 3.75. The number of nitrogens with one attached hydrogen (secondary N) is 1. The number of hydrogen-bond acceptors (Lipinski definition) is 4. The second-order valence-electron chi connectivity index (χ2n) is 5.39. The average Bonchev–Trinajstić information content (AvgIpc) is 2.95. The molecule has 0 spiro atoms. The fourth-order valence-electron chi connectivity index (χ4n) is 2.72. The smallest absolute Gasteiger partial charge is 0.224 e. The number of aromatic nitrogens is 2. The Balaban J connectivity index is 1.85. The Morgan fingerprint density at radius 3 is 2.81 bits per heavy atom. The normalized spacial score (nSPS) is 13.0. The molecule has 3 rings (SSSR count). The number of benzene rings is 1. The standard InChI is InChI=1S/C17H21N3O/c1-3-5-15-19-16(18-2)11-17(20-15)21-14-9-8-12-6-4-7-13(12)10-14/h8-11H,3-7H2,1-2H3,(H,18,19,20). The largest absolute Gasteiger partial charge is 0.439 e. The molecule has 0 unspecified atom stereocenters. The molecule has 0 atom stereocenters. The maximum Gasteiger partial charge on any atom is 0.224 e. The van der Waals surface area contributed by atoms with Gasteiger partial charge in [0.1, 0.15) is 17.4 Å². The van der Waals surface area contributed by atoms with Crippen molar-refractivity contribution in [3.05, 3.63) is 41.2 Å². The summed E-state index contributed by atoms with van der Waals surface area (Å²) in [5.41, 5.74) is 2.86. The summed E-state index contributed by atoms with van der Waals surface area (Å²) >= 11 is 0. The molecule has 0 saturated heterocycles. The van der Waals surface area contributed by atoms with Crippen LogP contribution in [0, 0.1) is 0 Å². The lowest BCUT2D eigenvalue weighted by Crippen LogP contribution is -2.02. The van der Waals surface area contributed by atoms with Crippen molar-refractivity contribution in [3.8, 4) is 11.6 Å². The summed E-state index contributed by atoms with van der Waals surface area (Å²) < 4.78 is 5.94. The van der Waals surface area contributed by atoms with Crippen LogP contribution >= 0.6 is 0 Å². The van der Waals surface area contributed by atoms with Gasteiger partial charge >= 0.3 is 0 Å². The molecule has 4 heteroatoms. The van der Waals surface area contributed by atoms with E-state index in [0.717, 1.165) is 36.7 Å². The van der Waals surface area contributed by atoms with Gasteiger partial charge in [-0.2, -0.15) is 4.98 Å². The predicted molar refractivity (Wildman–Crippen MR) is 84.1 cm³/mol. The van der Waals surface area contributed by atoms with Gasteiger partial charge in [-0.05, 0) is 48.9 Å². The molecule has 0 fully saturated rings. The van der Waals surface area contributed by atoms with Crippen LogP contribution in [0.3, 0.4) is 0 Å². The third-order valence-electron chi connectivity index (χ3n) is 3.77. The molecule has 0 radical (unpaired) electrons. The molecule has 110 valence electrons. The van der Waals surface area contributed by atoms with E-state index in [1.807, 2.05) is 19.2 Å². The SMILES string of the molecule is CCCc1nc(NC)cc(Oc2ccc3c(c2)CCC3)n1. The molecule has 0 saturated carbocycles. The van der Waals surface area contributed by atoms with E-state index in [0.29, 0.717) is 5.88 Å². The number of fused-ring (bicyclic) bond motifs is 1. The van der Waals surface area contributed by atoms with E-state index in [1.54, 1.807) is 0 Å². The molecular formula is C17H21N3O. The maximum absolute atomic E-state index is 5.94. The van der Waals surface area contributed by atoms with Crippen LogP contribution in [-0.4, -0.2) is 17.0 Å². The Morgan fingerprint density at radius 1 is 1.14 bits per heavy atom. The second kappa shape index (κ2) is 6.12. The highest BCUT2D eigenvalue weighted by Crippen LogP contribution is 2.29. The molecule has 1 aromatic heterocycles. The Hall–Kier alpha value is -2.10. The minimum Gasteiger partial charge on any atom is -0.439 e. The van der Waals surface area contributed by atoms with Crippen LogP contribution in [-0.2, 0) is 19.3 Å². The highest BCUT2D eigenvalue weighted by Gasteiger charge is 2.12. The zero-order valence-corrected chi connectivity index (χ0v) is 12.6. The average molecular weight is 283 g/mol. The summed E-state index contributed by atoms with van der Waals surface area (Å²) in [5, 5.41) is 3.06. The molecule has 1 N–H and O–H groups in total. The third-order valence-corrected chi connectivity index (χ3v) is 3.77. The van der Waals surface area contributed by atoms with Crippen molar-refractivity contribution < 1.29 is 4.74 Å². The van der Waals surface area contributed by atoms with Gasteiger partial charge in [0.15, 0.2) is 0 Å². The van der Waals surface area contributed by atoms with Crippen LogP contribution in [0.4, 0.5) is 5.82 Å². The summed E-state index contributed by atoms with van der Waals surface area (Å²) in [6, 6.07) is 8.19. The molecule has 21 heavy (non-hydrogen) atoms. The van der Waals surface area contributed by atoms with Crippen molar-refractivity contribution in [1.82, 2.24) is 9.97 Å². The second-order valence-corrected chi connectivity index (χ2v) is 5.39. The van der Waals surface area contributed by atoms with Crippen molar-refractivity contribution >= 4 is 5.82 Å². The molecule has 0 amide bonds. The van der Waals surface area contributed by atoms with E-state index in [-0.39, 0.29) is 0 Å².